The minimum absolute atomic E-state index is 0.00415. The molecule has 0 saturated carbocycles. The Kier molecular flexibility index (Phi) is 10.1. The Morgan fingerprint density at radius 3 is 1.97 bits per heavy atom. The van der Waals surface area contributed by atoms with Gasteiger partial charge in [0.05, 0.1) is 5.22 Å². The molecule has 0 bridgehead atoms. The third-order valence-electron chi connectivity index (χ3n) is 7.17. The van der Waals surface area contributed by atoms with Crippen LogP contribution in [0.1, 0.15) is 74.1 Å². The predicted octanol–water partition coefficient (Wildman–Crippen LogP) is 6.10. The first-order valence-electron chi connectivity index (χ1n) is 11.3. The first kappa shape index (κ1) is 28.6. The maximum atomic E-state index is 11.8. The highest BCUT2D eigenvalue weighted by Gasteiger charge is 2.52. The maximum Gasteiger partial charge on any atom is 0.245 e. The van der Waals surface area contributed by atoms with Crippen molar-refractivity contribution in [3.8, 4) is 0 Å². The van der Waals surface area contributed by atoms with E-state index in [2.05, 4.69) is 86.2 Å². The van der Waals surface area contributed by atoms with Crippen LogP contribution in [0.5, 0.6) is 0 Å². The van der Waals surface area contributed by atoms with Gasteiger partial charge in [0.2, 0.25) is 5.91 Å². The van der Waals surface area contributed by atoms with Crippen LogP contribution in [0.25, 0.3) is 0 Å². The van der Waals surface area contributed by atoms with Crippen LogP contribution < -0.4 is 4.98 Å². The van der Waals surface area contributed by atoms with Gasteiger partial charge < -0.3 is 14.3 Å². The van der Waals surface area contributed by atoms with Crippen molar-refractivity contribution in [2.45, 2.75) is 116 Å². The number of rotatable bonds is 12. The summed E-state index contributed by atoms with van der Waals surface area (Å²) in [5.41, 5.74) is 0.0809. The van der Waals surface area contributed by atoms with Gasteiger partial charge in [-0.05, 0) is 71.2 Å². The molecule has 1 amide bonds. The number of carbonyl (C=O) groups excluding carboxylic acids is 1. The number of carbonyl (C=O) groups is 1. The van der Waals surface area contributed by atoms with Gasteiger partial charge in [0.1, 0.15) is 0 Å². The van der Waals surface area contributed by atoms with Gasteiger partial charge in [0.25, 0.3) is 0 Å². The summed E-state index contributed by atoms with van der Waals surface area (Å²) < 4.78 is 7.21. The molecule has 0 aliphatic carbocycles. The van der Waals surface area contributed by atoms with Crippen LogP contribution >= 0.6 is 0 Å². The predicted molar refractivity (Wildman–Crippen MR) is 133 cm³/mol. The standard InChI is InChI=1S/C23H50N2O2Si2/c1-14-20(26)25(9)19-17-18-22(7,15-2)29(12,13)27-23(8,16-3)28(10,11)24-21(4,5)6/h14,24H,1,15-19H2,2-13H3. The molecule has 2 unspecified atom stereocenters. The minimum atomic E-state index is -2.03. The summed E-state index contributed by atoms with van der Waals surface area (Å²) in [5, 5.41) is 0.0374. The number of nitrogens with zero attached hydrogens (tertiary/aromatic N) is 1. The molecule has 0 aromatic heterocycles. The fourth-order valence-corrected chi connectivity index (χ4v) is 12.2. The van der Waals surface area contributed by atoms with E-state index in [0.29, 0.717) is 0 Å². The summed E-state index contributed by atoms with van der Waals surface area (Å²) >= 11 is 0. The number of hydrogen-bond acceptors (Lipinski definition) is 3. The normalized spacial score (nSPS) is 17.4. The third kappa shape index (κ3) is 7.64. The molecule has 1 N–H and O–H groups in total. The van der Waals surface area contributed by atoms with Crippen molar-refractivity contribution in [2.24, 2.45) is 0 Å². The molecule has 4 nitrogen and oxygen atoms in total. The lowest BCUT2D eigenvalue weighted by molar-refractivity contribution is -0.124. The van der Waals surface area contributed by atoms with Gasteiger partial charge >= 0.3 is 0 Å². The topological polar surface area (TPSA) is 41.6 Å². The zero-order valence-electron chi connectivity index (χ0n) is 21.6. The Morgan fingerprint density at radius 1 is 1.07 bits per heavy atom. The van der Waals surface area contributed by atoms with Gasteiger partial charge in [-0.1, -0.05) is 46.9 Å². The van der Waals surface area contributed by atoms with E-state index in [9.17, 15) is 4.79 Å². The van der Waals surface area contributed by atoms with E-state index in [-0.39, 0.29) is 21.7 Å². The lowest BCUT2D eigenvalue weighted by atomic mass is 10.0. The van der Waals surface area contributed by atoms with E-state index in [1.165, 1.54) is 6.08 Å². The molecule has 0 rings (SSSR count). The highest BCUT2D eigenvalue weighted by molar-refractivity contribution is 6.80. The maximum absolute atomic E-state index is 11.8. The molecule has 0 heterocycles. The second kappa shape index (κ2) is 10.2. The van der Waals surface area contributed by atoms with Gasteiger partial charge in [0.15, 0.2) is 16.6 Å². The molecule has 6 heteroatoms. The molecule has 29 heavy (non-hydrogen) atoms. The van der Waals surface area contributed by atoms with Crippen molar-refractivity contribution in [2.75, 3.05) is 13.6 Å². The van der Waals surface area contributed by atoms with E-state index >= 15 is 0 Å². The van der Waals surface area contributed by atoms with Crippen LogP contribution in [0.15, 0.2) is 12.7 Å². The van der Waals surface area contributed by atoms with Crippen LogP contribution in [-0.4, -0.2) is 51.7 Å². The molecule has 0 aromatic carbocycles. The highest BCUT2D eigenvalue weighted by atomic mass is 28.4. The van der Waals surface area contributed by atoms with Crippen molar-refractivity contribution in [1.29, 1.82) is 0 Å². The number of nitrogens with one attached hydrogen (secondary N) is 1. The molecule has 2 atom stereocenters. The first-order chi connectivity index (χ1) is 12.9. The Morgan fingerprint density at radius 2 is 1.59 bits per heavy atom. The third-order valence-corrected chi connectivity index (χ3v) is 16.3. The summed E-state index contributed by atoms with van der Waals surface area (Å²) in [4.78, 5) is 17.5. The van der Waals surface area contributed by atoms with Crippen LogP contribution in [0, 0.1) is 0 Å². The van der Waals surface area contributed by atoms with Gasteiger partial charge in [0, 0.05) is 19.1 Å². The van der Waals surface area contributed by atoms with Crippen molar-refractivity contribution in [3.63, 3.8) is 0 Å². The van der Waals surface area contributed by atoms with E-state index < -0.39 is 16.6 Å². The largest absolute Gasteiger partial charge is 0.413 e. The van der Waals surface area contributed by atoms with Crippen molar-refractivity contribution >= 4 is 22.5 Å². The molecule has 0 fully saturated rings. The molecule has 0 aliphatic heterocycles. The fraction of sp³-hybridized carbons (Fsp3) is 0.870. The Hall–Kier alpha value is -0.436. The van der Waals surface area contributed by atoms with E-state index in [0.717, 1.165) is 32.2 Å². The Labute approximate surface area is 184 Å². The Bertz CT molecular complexity index is 558. The van der Waals surface area contributed by atoms with Crippen LogP contribution in [0.4, 0.5) is 0 Å². The lowest BCUT2D eigenvalue weighted by Crippen LogP contribution is -2.70. The second-order valence-electron chi connectivity index (χ2n) is 11.2. The first-order valence-corrected chi connectivity index (χ1v) is 17.2. The molecule has 172 valence electrons. The molecule has 0 radical (unpaired) electrons. The number of likely N-dealkylation sites (N-methyl/N-ethyl adjacent to an activating group) is 1. The molecular weight excluding hydrogens is 392 g/mol. The van der Waals surface area contributed by atoms with E-state index in [4.69, 9.17) is 4.43 Å². The van der Waals surface area contributed by atoms with Crippen LogP contribution in [0.3, 0.4) is 0 Å². The summed E-state index contributed by atoms with van der Waals surface area (Å²) in [6.45, 7) is 30.0. The summed E-state index contributed by atoms with van der Waals surface area (Å²) in [7, 11) is -2.05. The zero-order valence-corrected chi connectivity index (χ0v) is 23.6. The lowest BCUT2D eigenvalue weighted by Gasteiger charge is -2.53. The Balaban J connectivity index is 5.50. The molecule has 0 aliphatic rings. The smallest absolute Gasteiger partial charge is 0.245 e. The van der Waals surface area contributed by atoms with Crippen LogP contribution in [0.2, 0.25) is 31.2 Å². The average molecular weight is 443 g/mol. The quantitative estimate of drug-likeness (QED) is 0.293. The fourth-order valence-electron chi connectivity index (χ4n) is 4.27. The summed E-state index contributed by atoms with van der Waals surface area (Å²) in [6.07, 6.45) is 5.57. The SMILES string of the molecule is C=CC(=O)N(C)CCCC(C)(CC)[Si](C)(C)OC(C)(CC)[Si](C)(C)NC(C)(C)C. The zero-order chi connectivity index (χ0) is 23.3. The molecular formula is C23H50N2O2Si2. The van der Waals surface area contributed by atoms with Gasteiger partial charge in [-0.25, -0.2) is 0 Å². The summed E-state index contributed by atoms with van der Waals surface area (Å²) in [6, 6.07) is 0. The monoisotopic (exact) mass is 442 g/mol. The molecule has 0 aromatic rings. The van der Waals surface area contributed by atoms with Crippen LogP contribution in [-0.2, 0) is 9.22 Å². The molecule has 0 saturated heterocycles. The van der Waals surface area contributed by atoms with E-state index in [1.807, 2.05) is 7.05 Å². The second-order valence-corrected chi connectivity index (χ2v) is 20.2. The average Bonchev–Trinajstić information content (AvgIpc) is 2.57. The van der Waals surface area contributed by atoms with Crippen molar-refractivity contribution in [3.05, 3.63) is 12.7 Å². The van der Waals surface area contributed by atoms with Gasteiger partial charge in [-0.2, -0.15) is 0 Å². The van der Waals surface area contributed by atoms with Gasteiger partial charge in [-0.3, -0.25) is 4.79 Å². The van der Waals surface area contributed by atoms with E-state index in [1.54, 1.807) is 4.90 Å². The summed E-state index contributed by atoms with van der Waals surface area (Å²) in [5.74, 6) is -0.00415. The highest BCUT2D eigenvalue weighted by Crippen LogP contribution is 2.48. The van der Waals surface area contributed by atoms with Crippen molar-refractivity contribution in [1.82, 2.24) is 9.88 Å². The minimum Gasteiger partial charge on any atom is -0.413 e. The molecule has 0 spiro atoms. The number of amides is 1. The van der Waals surface area contributed by atoms with Crippen molar-refractivity contribution < 1.29 is 9.22 Å². The number of hydrogen-bond donors (Lipinski definition) is 1. The van der Waals surface area contributed by atoms with Gasteiger partial charge in [-0.15, -0.1) is 0 Å².